The second-order valence-corrected chi connectivity index (χ2v) is 7.48. The first kappa shape index (κ1) is 18.0. The van der Waals surface area contributed by atoms with Gasteiger partial charge in [0.05, 0.1) is 0 Å². The van der Waals surface area contributed by atoms with Crippen LogP contribution in [-0.2, 0) is 21.3 Å². The fourth-order valence-corrected chi connectivity index (χ4v) is 3.16. The molecule has 0 saturated heterocycles. The van der Waals surface area contributed by atoms with E-state index in [1.165, 1.54) is 0 Å². The number of amides is 1. The monoisotopic (exact) mass is 369 g/mol. The summed E-state index contributed by atoms with van der Waals surface area (Å²) >= 11 is 0. The van der Waals surface area contributed by atoms with Gasteiger partial charge in [-0.05, 0) is 26.0 Å². The van der Waals surface area contributed by atoms with Gasteiger partial charge in [-0.25, -0.2) is 0 Å². The minimum Gasteiger partial charge on any atom is -0.338 e. The summed E-state index contributed by atoms with van der Waals surface area (Å²) < 4.78 is 17.3. The molecule has 26 heavy (non-hydrogen) atoms. The topological polar surface area (TPSA) is 85.1 Å². The molecule has 1 aromatic heterocycles. The van der Waals surface area contributed by atoms with Crippen molar-refractivity contribution in [1.29, 1.82) is 0 Å². The Morgan fingerprint density at radius 1 is 1.04 bits per heavy atom. The molecule has 3 aromatic rings. The first-order valence-corrected chi connectivity index (χ1v) is 9.59. The average Bonchev–Trinajstić information content (AvgIpc) is 3.05. The number of carbonyl (C=O) groups excluding carboxylic acids is 1. The fourth-order valence-electron chi connectivity index (χ4n) is 2.30. The van der Waals surface area contributed by atoms with Crippen molar-refractivity contribution in [2.45, 2.75) is 19.6 Å². The summed E-state index contributed by atoms with van der Waals surface area (Å²) in [4.78, 5) is 16.2. The lowest BCUT2D eigenvalue weighted by Crippen LogP contribution is -2.20. The zero-order valence-electron chi connectivity index (χ0n) is 14.6. The van der Waals surface area contributed by atoms with Gasteiger partial charge in [-0.2, -0.15) is 4.98 Å². The summed E-state index contributed by atoms with van der Waals surface area (Å²) in [6.07, 6.45) is 0. The van der Waals surface area contributed by atoms with Crippen molar-refractivity contribution in [3.8, 4) is 11.4 Å². The molecule has 2 aromatic carbocycles. The van der Waals surface area contributed by atoms with Gasteiger partial charge in [0, 0.05) is 22.1 Å². The minimum absolute atomic E-state index is 0.0418. The van der Waals surface area contributed by atoms with E-state index in [2.05, 4.69) is 15.5 Å². The van der Waals surface area contributed by atoms with Crippen molar-refractivity contribution < 1.29 is 13.5 Å². The quantitative estimate of drug-likeness (QED) is 0.721. The summed E-state index contributed by atoms with van der Waals surface area (Å²) in [5, 5.41) is 6.63. The van der Waals surface area contributed by atoms with Gasteiger partial charge in [0.25, 0.3) is 0 Å². The standard InChI is InChI=1S/C19H19N3O3S/c1-13-3-7-15(8-4-13)19-21-18(25-22-19)12-26(24)11-17(23)20-16-9-5-14(2)6-10-16/h3-10H,11-12H2,1-2H3,(H,20,23). The summed E-state index contributed by atoms with van der Waals surface area (Å²) in [6, 6.07) is 15.1. The van der Waals surface area contributed by atoms with Crippen LogP contribution >= 0.6 is 0 Å². The molecule has 0 aliphatic rings. The van der Waals surface area contributed by atoms with Crippen molar-refractivity contribution >= 4 is 22.4 Å². The second-order valence-electron chi connectivity index (χ2n) is 6.02. The number of carbonyl (C=O) groups is 1. The maximum absolute atomic E-state index is 12.2. The molecule has 0 fully saturated rings. The molecule has 1 unspecified atom stereocenters. The van der Waals surface area contributed by atoms with Crippen molar-refractivity contribution in [3.05, 3.63) is 65.5 Å². The van der Waals surface area contributed by atoms with E-state index in [1.807, 2.05) is 62.4 Å². The zero-order chi connectivity index (χ0) is 18.5. The number of aromatic nitrogens is 2. The molecule has 0 aliphatic heterocycles. The lowest BCUT2D eigenvalue weighted by atomic mass is 10.1. The van der Waals surface area contributed by atoms with E-state index in [0.717, 1.165) is 16.7 Å². The molecule has 0 spiro atoms. The Morgan fingerprint density at radius 2 is 1.65 bits per heavy atom. The normalized spacial score (nSPS) is 11.9. The van der Waals surface area contributed by atoms with Crippen LogP contribution in [0.2, 0.25) is 0 Å². The first-order valence-electron chi connectivity index (χ1n) is 8.11. The summed E-state index contributed by atoms with van der Waals surface area (Å²) in [5.74, 6) is 0.296. The Hall–Kier alpha value is -2.80. The Morgan fingerprint density at radius 3 is 2.31 bits per heavy atom. The minimum atomic E-state index is -1.43. The first-order chi connectivity index (χ1) is 12.5. The molecule has 7 heteroatoms. The molecule has 134 valence electrons. The van der Waals surface area contributed by atoms with E-state index < -0.39 is 10.8 Å². The summed E-state index contributed by atoms with van der Waals surface area (Å²) in [5.41, 5.74) is 3.75. The van der Waals surface area contributed by atoms with Gasteiger partial charge in [0.15, 0.2) is 0 Å². The zero-order valence-corrected chi connectivity index (χ0v) is 15.4. The molecule has 1 N–H and O–H groups in total. The van der Waals surface area contributed by atoms with E-state index in [1.54, 1.807) is 0 Å². The van der Waals surface area contributed by atoms with Crippen molar-refractivity contribution in [2.24, 2.45) is 0 Å². The molecule has 3 rings (SSSR count). The van der Waals surface area contributed by atoms with Crippen LogP contribution in [0, 0.1) is 13.8 Å². The third-order valence-corrected chi connectivity index (χ3v) is 4.84. The molecule has 0 aliphatic carbocycles. The number of anilines is 1. The lowest BCUT2D eigenvalue weighted by molar-refractivity contribution is -0.113. The van der Waals surface area contributed by atoms with Crippen LogP contribution in [0.5, 0.6) is 0 Å². The Kier molecular flexibility index (Phi) is 5.58. The van der Waals surface area contributed by atoms with Crippen molar-refractivity contribution in [2.75, 3.05) is 11.1 Å². The highest BCUT2D eigenvalue weighted by molar-refractivity contribution is 7.84. The van der Waals surface area contributed by atoms with Gasteiger partial charge in [0.1, 0.15) is 11.5 Å². The number of hydrogen-bond donors (Lipinski definition) is 1. The molecule has 0 saturated carbocycles. The maximum Gasteiger partial charge on any atom is 0.239 e. The van der Waals surface area contributed by atoms with Crippen LogP contribution in [0.15, 0.2) is 53.1 Å². The van der Waals surface area contributed by atoms with Crippen molar-refractivity contribution in [3.63, 3.8) is 0 Å². The average molecular weight is 369 g/mol. The highest BCUT2D eigenvalue weighted by Gasteiger charge is 2.14. The van der Waals surface area contributed by atoms with Crippen LogP contribution in [0.1, 0.15) is 17.0 Å². The van der Waals surface area contributed by atoms with Gasteiger partial charge < -0.3 is 9.84 Å². The smallest absolute Gasteiger partial charge is 0.239 e. The van der Waals surface area contributed by atoms with Gasteiger partial charge in [0.2, 0.25) is 17.6 Å². The Bertz CT molecular complexity index is 918. The number of nitrogens with zero attached hydrogens (tertiary/aromatic N) is 2. The molecule has 6 nitrogen and oxygen atoms in total. The highest BCUT2D eigenvalue weighted by Crippen LogP contribution is 2.17. The SMILES string of the molecule is Cc1ccc(NC(=O)CS(=O)Cc2nc(-c3ccc(C)cc3)no2)cc1. The van der Waals surface area contributed by atoms with E-state index in [0.29, 0.717) is 11.5 Å². The van der Waals surface area contributed by atoms with E-state index in [9.17, 15) is 9.00 Å². The molecular weight excluding hydrogens is 350 g/mol. The predicted octanol–water partition coefficient (Wildman–Crippen LogP) is 3.24. The van der Waals surface area contributed by atoms with E-state index in [4.69, 9.17) is 4.52 Å². The van der Waals surface area contributed by atoms with Gasteiger partial charge in [-0.15, -0.1) is 0 Å². The van der Waals surface area contributed by atoms with E-state index in [-0.39, 0.29) is 23.3 Å². The van der Waals surface area contributed by atoms with Gasteiger partial charge in [-0.1, -0.05) is 52.7 Å². The molecule has 0 radical (unpaired) electrons. The van der Waals surface area contributed by atoms with Crippen molar-refractivity contribution in [1.82, 2.24) is 10.1 Å². The van der Waals surface area contributed by atoms with E-state index >= 15 is 0 Å². The van der Waals surface area contributed by atoms with Crippen LogP contribution in [0.25, 0.3) is 11.4 Å². The van der Waals surface area contributed by atoms with Crippen LogP contribution in [0.3, 0.4) is 0 Å². The Labute approximate surface area is 154 Å². The maximum atomic E-state index is 12.2. The van der Waals surface area contributed by atoms with Crippen LogP contribution < -0.4 is 5.32 Å². The molecule has 1 atom stereocenters. The largest absolute Gasteiger partial charge is 0.338 e. The molecule has 1 heterocycles. The van der Waals surface area contributed by atoms with Crippen LogP contribution in [-0.4, -0.2) is 26.0 Å². The Balaban J connectivity index is 1.55. The van der Waals surface area contributed by atoms with Gasteiger partial charge >= 0.3 is 0 Å². The number of hydrogen-bond acceptors (Lipinski definition) is 5. The summed E-state index contributed by atoms with van der Waals surface area (Å²) in [7, 11) is -1.43. The number of benzene rings is 2. The van der Waals surface area contributed by atoms with Crippen LogP contribution in [0.4, 0.5) is 5.69 Å². The summed E-state index contributed by atoms with van der Waals surface area (Å²) in [6.45, 7) is 3.96. The molecular formula is C19H19N3O3S. The number of rotatable bonds is 6. The predicted molar refractivity (Wildman–Crippen MR) is 101 cm³/mol. The fraction of sp³-hybridized carbons (Fsp3) is 0.211. The number of nitrogens with one attached hydrogen (secondary N) is 1. The third kappa shape index (κ3) is 4.86. The van der Waals surface area contributed by atoms with Gasteiger partial charge in [-0.3, -0.25) is 9.00 Å². The molecule has 1 amide bonds. The third-order valence-electron chi connectivity index (χ3n) is 3.69. The second kappa shape index (κ2) is 8.05. The lowest BCUT2D eigenvalue weighted by Gasteiger charge is -2.04. The molecule has 0 bridgehead atoms. The highest BCUT2D eigenvalue weighted by atomic mass is 32.2. The number of aryl methyl sites for hydroxylation is 2.